The van der Waals surface area contributed by atoms with Crippen molar-refractivity contribution in [3.8, 4) is 11.5 Å². The number of ether oxygens (including phenoxy) is 3. The van der Waals surface area contributed by atoms with Crippen molar-refractivity contribution < 1.29 is 34.0 Å². The number of carbonyl (C=O) groups is 2. The quantitative estimate of drug-likeness (QED) is 0.456. The van der Waals surface area contributed by atoms with Crippen LogP contribution in [0.3, 0.4) is 0 Å². The summed E-state index contributed by atoms with van der Waals surface area (Å²) in [6.07, 6.45) is 6.12. The third-order valence-corrected chi connectivity index (χ3v) is 6.40. The Balaban J connectivity index is 1.51. The van der Waals surface area contributed by atoms with E-state index in [1.807, 2.05) is 36.4 Å². The predicted octanol–water partition coefficient (Wildman–Crippen LogP) is 4.86. The summed E-state index contributed by atoms with van der Waals surface area (Å²) >= 11 is 0. The summed E-state index contributed by atoms with van der Waals surface area (Å²) in [4.78, 5) is 22.7. The fourth-order valence-corrected chi connectivity index (χ4v) is 4.68. The Morgan fingerprint density at radius 3 is 2.35 bits per heavy atom. The Labute approximate surface area is 199 Å². The Hall–Kier alpha value is -3.48. The molecule has 7 heteroatoms. The second-order valence-corrected chi connectivity index (χ2v) is 8.73. The van der Waals surface area contributed by atoms with Gasteiger partial charge in [0, 0.05) is 31.2 Å². The second-order valence-electron chi connectivity index (χ2n) is 8.73. The molecule has 0 radical (unpaired) electrons. The van der Waals surface area contributed by atoms with Crippen molar-refractivity contribution in [2.45, 2.75) is 57.0 Å². The molecule has 7 nitrogen and oxygen atoms in total. The first-order valence-electron chi connectivity index (χ1n) is 11.8. The van der Waals surface area contributed by atoms with Crippen LogP contribution >= 0.6 is 0 Å². The van der Waals surface area contributed by atoms with Gasteiger partial charge in [0.1, 0.15) is 30.5 Å². The largest absolute Gasteiger partial charge is 0.490 e. The number of hydrogen-bond acceptors (Lipinski definition) is 5. The molecule has 0 saturated heterocycles. The summed E-state index contributed by atoms with van der Waals surface area (Å²) in [6, 6.07) is 13.5. The Morgan fingerprint density at radius 2 is 1.59 bits per heavy atom. The van der Waals surface area contributed by atoms with Crippen LogP contribution < -0.4 is 9.47 Å². The van der Waals surface area contributed by atoms with Gasteiger partial charge in [0.2, 0.25) is 0 Å². The zero-order valence-corrected chi connectivity index (χ0v) is 19.1. The number of benzene rings is 2. The standard InChI is InChI=1S/C27H30O7/c28-25(29)12-14-27(15-13-26(30)31)24(18-20-7-2-4-10-22(20)34-27)33-17-16-32-23-11-5-8-19-6-1-3-9-21(19)23/h2,4-5,7-8,10-11,18H,1,3,6,9,12-17H2,(H,28,29)(H,30,31). The van der Waals surface area contributed by atoms with E-state index in [2.05, 4.69) is 6.07 Å². The van der Waals surface area contributed by atoms with E-state index in [9.17, 15) is 19.8 Å². The highest BCUT2D eigenvalue weighted by atomic mass is 16.6. The summed E-state index contributed by atoms with van der Waals surface area (Å²) in [5.74, 6) is -0.0596. The molecular formula is C27H30O7. The van der Waals surface area contributed by atoms with Crippen molar-refractivity contribution >= 4 is 18.0 Å². The third-order valence-electron chi connectivity index (χ3n) is 6.40. The summed E-state index contributed by atoms with van der Waals surface area (Å²) in [5.41, 5.74) is 2.24. The van der Waals surface area contributed by atoms with Gasteiger partial charge in [-0.1, -0.05) is 30.3 Å². The molecule has 0 unspecified atom stereocenters. The summed E-state index contributed by atoms with van der Waals surface area (Å²) in [5, 5.41) is 18.6. The molecule has 0 aromatic heterocycles. The molecule has 1 aliphatic carbocycles. The zero-order chi connectivity index (χ0) is 24.0. The van der Waals surface area contributed by atoms with Gasteiger partial charge in [-0.3, -0.25) is 9.59 Å². The lowest BCUT2D eigenvalue weighted by atomic mass is 9.86. The molecule has 4 rings (SSSR count). The Kier molecular flexibility index (Phi) is 7.40. The highest BCUT2D eigenvalue weighted by Gasteiger charge is 2.42. The molecule has 34 heavy (non-hydrogen) atoms. The number of hydrogen-bond donors (Lipinski definition) is 2. The summed E-state index contributed by atoms with van der Waals surface area (Å²) in [7, 11) is 0. The molecule has 2 aromatic rings. The molecule has 2 aliphatic rings. The Morgan fingerprint density at radius 1 is 0.882 bits per heavy atom. The van der Waals surface area contributed by atoms with Gasteiger partial charge < -0.3 is 24.4 Å². The van der Waals surface area contributed by atoms with Gasteiger partial charge in [0.05, 0.1) is 0 Å². The monoisotopic (exact) mass is 466 g/mol. The molecule has 1 aliphatic heterocycles. The Bertz CT molecular complexity index is 1050. The van der Waals surface area contributed by atoms with E-state index in [-0.39, 0.29) is 32.3 Å². The second kappa shape index (κ2) is 10.6. The lowest BCUT2D eigenvalue weighted by Gasteiger charge is -2.39. The van der Waals surface area contributed by atoms with Crippen LogP contribution in [-0.4, -0.2) is 41.0 Å². The number of para-hydroxylation sites is 1. The molecule has 0 saturated carbocycles. The molecule has 180 valence electrons. The van der Waals surface area contributed by atoms with Gasteiger partial charge in [-0.05, 0) is 55.0 Å². The number of carboxylic acids is 2. The minimum Gasteiger partial charge on any atom is -0.490 e. The van der Waals surface area contributed by atoms with Crippen LogP contribution in [-0.2, 0) is 27.2 Å². The lowest BCUT2D eigenvalue weighted by molar-refractivity contribution is -0.139. The molecule has 0 amide bonds. The van der Waals surface area contributed by atoms with E-state index >= 15 is 0 Å². The van der Waals surface area contributed by atoms with E-state index in [1.165, 1.54) is 17.5 Å². The summed E-state index contributed by atoms with van der Waals surface area (Å²) < 4.78 is 18.4. The minimum atomic E-state index is -1.17. The first-order chi connectivity index (χ1) is 16.5. The first-order valence-corrected chi connectivity index (χ1v) is 11.8. The molecule has 2 N–H and O–H groups in total. The average Bonchev–Trinajstić information content (AvgIpc) is 2.84. The van der Waals surface area contributed by atoms with Gasteiger partial charge in [-0.25, -0.2) is 0 Å². The van der Waals surface area contributed by atoms with Gasteiger partial charge in [-0.15, -0.1) is 0 Å². The highest BCUT2D eigenvalue weighted by molar-refractivity contribution is 5.69. The van der Waals surface area contributed by atoms with E-state index < -0.39 is 17.5 Å². The van der Waals surface area contributed by atoms with Crippen LogP contribution in [0.25, 0.3) is 6.08 Å². The number of fused-ring (bicyclic) bond motifs is 2. The van der Waals surface area contributed by atoms with Crippen molar-refractivity contribution in [2.75, 3.05) is 13.2 Å². The topological polar surface area (TPSA) is 102 Å². The SMILES string of the molecule is O=C(O)CCC1(CCC(=O)O)Oc2ccccc2C=C1OCCOc1cccc2c1CCCC2. The molecule has 0 spiro atoms. The first kappa shape index (κ1) is 23.7. The molecule has 0 bridgehead atoms. The van der Waals surface area contributed by atoms with Gasteiger partial charge in [0.15, 0.2) is 5.60 Å². The molecule has 0 fully saturated rings. The third kappa shape index (κ3) is 5.53. The zero-order valence-electron chi connectivity index (χ0n) is 19.1. The molecule has 0 atom stereocenters. The maximum absolute atomic E-state index is 11.4. The van der Waals surface area contributed by atoms with Crippen LogP contribution in [0.2, 0.25) is 0 Å². The van der Waals surface area contributed by atoms with E-state index in [4.69, 9.17) is 14.2 Å². The number of aryl methyl sites for hydroxylation is 1. The van der Waals surface area contributed by atoms with Crippen molar-refractivity contribution in [3.63, 3.8) is 0 Å². The number of aliphatic carboxylic acids is 2. The minimum absolute atomic E-state index is 0.100. The van der Waals surface area contributed by atoms with Crippen LogP contribution in [0, 0.1) is 0 Å². The van der Waals surface area contributed by atoms with Crippen LogP contribution in [0.5, 0.6) is 11.5 Å². The summed E-state index contributed by atoms with van der Waals surface area (Å²) in [6.45, 7) is 0.534. The van der Waals surface area contributed by atoms with Crippen molar-refractivity contribution in [1.82, 2.24) is 0 Å². The molecule has 1 heterocycles. The van der Waals surface area contributed by atoms with Crippen molar-refractivity contribution in [2.24, 2.45) is 0 Å². The fraction of sp³-hybridized carbons (Fsp3) is 0.407. The van der Waals surface area contributed by atoms with Gasteiger partial charge in [-0.2, -0.15) is 0 Å². The van der Waals surface area contributed by atoms with Crippen LogP contribution in [0.4, 0.5) is 0 Å². The van der Waals surface area contributed by atoms with Crippen molar-refractivity contribution in [3.05, 3.63) is 64.9 Å². The van der Waals surface area contributed by atoms with E-state index in [0.717, 1.165) is 30.6 Å². The smallest absolute Gasteiger partial charge is 0.303 e. The van der Waals surface area contributed by atoms with Gasteiger partial charge >= 0.3 is 11.9 Å². The molecular weight excluding hydrogens is 436 g/mol. The lowest BCUT2D eigenvalue weighted by Crippen LogP contribution is -2.42. The fourth-order valence-electron chi connectivity index (χ4n) is 4.68. The maximum Gasteiger partial charge on any atom is 0.303 e. The van der Waals surface area contributed by atoms with E-state index in [1.54, 1.807) is 6.07 Å². The average molecular weight is 467 g/mol. The van der Waals surface area contributed by atoms with Crippen molar-refractivity contribution in [1.29, 1.82) is 0 Å². The van der Waals surface area contributed by atoms with Gasteiger partial charge in [0.25, 0.3) is 0 Å². The highest BCUT2D eigenvalue weighted by Crippen LogP contribution is 2.41. The normalized spacial score (nSPS) is 15.8. The van der Waals surface area contributed by atoms with Crippen LogP contribution in [0.1, 0.15) is 55.2 Å². The predicted molar refractivity (Wildman–Crippen MR) is 126 cm³/mol. The maximum atomic E-state index is 11.4. The molecule has 2 aromatic carbocycles. The van der Waals surface area contributed by atoms with E-state index in [0.29, 0.717) is 18.1 Å². The number of carboxylic acid groups (broad SMARTS) is 2. The van der Waals surface area contributed by atoms with Crippen LogP contribution in [0.15, 0.2) is 48.2 Å². The number of rotatable bonds is 11.